The highest BCUT2D eigenvalue weighted by atomic mass is 35.5. The first-order valence-electron chi connectivity index (χ1n) is 7.81. The highest BCUT2D eigenvalue weighted by molar-refractivity contribution is 5.97. The molecule has 3 heterocycles. The maximum Gasteiger partial charge on any atom is 0.255 e. The number of hydrogen-bond donors (Lipinski definition) is 1. The number of halogens is 2. The lowest BCUT2D eigenvalue weighted by Crippen LogP contribution is -2.42. The number of rotatable bonds is 2. The number of nitrogens with zero attached hydrogens (tertiary/aromatic N) is 4. The molecule has 0 spiro atoms. The minimum absolute atomic E-state index is 0. The van der Waals surface area contributed by atoms with Gasteiger partial charge in [0.2, 0.25) is 0 Å². The third kappa shape index (κ3) is 3.82. The van der Waals surface area contributed by atoms with Gasteiger partial charge in [0.05, 0.1) is 11.3 Å². The Bertz CT molecular complexity index is 708. The van der Waals surface area contributed by atoms with Gasteiger partial charge in [0, 0.05) is 37.8 Å². The van der Waals surface area contributed by atoms with Crippen LogP contribution in [0.3, 0.4) is 0 Å². The second kappa shape index (κ2) is 8.14. The van der Waals surface area contributed by atoms with Crippen LogP contribution in [0.15, 0.2) is 12.3 Å². The van der Waals surface area contributed by atoms with E-state index in [1.165, 1.54) is 0 Å². The number of pyridine rings is 1. The number of amides is 1. The van der Waals surface area contributed by atoms with Gasteiger partial charge < -0.3 is 10.6 Å². The van der Waals surface area contributed by atoms with E-state index in [1.54, 1.807) is 10.9 Å². The molecule has 1 aliphatic heterocycles. The van der Waals surface area contributed by atoms with E-state index in [2.05, 4.69) is 10.1 Å². The summed E-state index contributed by atoms with van der Waals surface area (Å²) in [6, 6.07) is 2.11. The van der Waals surface area contributed by atoms with Crippen LogP contribution in [0.25, 0.3) is 11.0 Å². The number of fused-ring (bicyclic) bond motifs is 1. The zero-order valence-electron chi connectivity index (χ0n) is 14.2. The van der Waals surface area contributed by atoms with Gasteiger partial charge >= 0.3 is 0 Å². The molecule has 24 heavy (non-hydrogen) atoms. The molecule has 6 nitrogen and oxygen atoms in total. The number of likely N-dealkylation sites (tertiary alicyclic amines) is 1. The fraction of sp³-hybridized carbons (Fsp3) is 0.562. The smallest absolute Gasteiger partial charge is 0.255 e. The Kier molecular flexibility index (Phi) is 7.01. The lowest BCUT2D eigenvalue weighted by Gasteiger charge is -2.33. The molecule has 2 aromatic heterocycles. The molecule has 1 unspecified atom stereocenters. The lowest BCUT2D eigenvalue weighted by atomic mass is 9.91. The summed E-state index contributed by atoms with van der Waals surface area (Å²) in [6.07, 6.45) is 3.61. The molecule has 0 bridgehead atoms. The normalized spacial score (nSPS) is 16.4. The number of hydrogen-bond acceptors (Lipinski definition) is 4. The van der Waals surface area contributed by atoms with Crippen LogP contribution in [-0.2, 0) is 7.05 Å². The van der Waals surface area contributed by atoms with Crippen LogP contribution < -0.4 is 5.73 Å². The summed E-state index contributed by atoms with van der Waals surface area (Å²) in [6.45, 7) is 5.53. The number of nitrogens with two attached hydrogens (primary N) is 1. The predicted molar refractivity (Wildman–Crippen MR) is 100 cm³/mol. The number of piperidine rings is 1. The Morgan fingerprint density at radius 3 is 2.54 bits per heavy atom. The zero-order chi connectivity index (χ0) is 15.9. The van der Waals surface area contributed by atoms with E-state index in [0.717, 1.165) is 42.7 Å². The lowest BCUT2D eigenvalue weighted by molar-refractivity contribution is 0.0681. The standard InChI is InChI=1S/C16H23N5O.2ClH/c1-10(17)12-4-6-21(7-5-12)16(22)13-8-14-11(2)19-20(3)15(14)18-9-13;;/h8-10,12H,4-7,17H2,1-3H3;2*1H. The first-order chi connectivity index (χ1) is 10.5. The van der Waals surface area contributed by atoms with Gasteiger partial charge in [-0.25, -0.2) is 4.98 Å². The van der Waals surface area contributed by atoms with Gasteiger partial charge in [0.1, 0.15) is 0 Å². The van der Waals surface area contributed by atoms with Crippen molar-refractivity contribution in [2.75, 3.05) is 13.1 Å². The SMILES string of the molecule is Cc1nn(C)c2ncc(C(=O)N3CCC(C(C)N)CC3)cc12.Cl.Cl. The predicted octanol–water partition coefficient (Wildman–Crippen LogP) is 2.32. The van der Waals surface area contributed by atoms with Crippen molar-refractivity contribution in [2.24, 2.45) is 18.7 Å². The Hall–Kier alpha value is -1.37. The Morgan fingerprint density at radius 2 is 1.96 bits per heavy atom. The topological polar surface area (TPSA) is 77.0 Å². The number of carbonyl (C=O) groups excluding carboxylic acids is 1. The van der Waals surface area contributed by atoms with Crippen LogP contribution in [0.4, 0.5) is 0 Å². The van der Waals surface area contributed by atoms with Crippen molar-refractivity contribution >= 4 is 41.8 Å². The zero-order valence-corrected chi connectivity index (χ0v) is 15.9. The molecule has 1 atom stereocenters. The molecule has 1 amide bonds. The van der Waals surface area contributed by atoms with Crippen LogP contribution in [0.5, 0.6) is 0 Å². The highest BCUT2D eigenvalue weighted by Crippen LogP contribution is 2.22. The van der Waals surface area contributed by atoms with Gasteiger partial charge in [-0.1, -0.05) is 0 Å². The van der Waals surface area contributed by atoms with E-state index < -0.39 is 0 Å². The Balaban J connectivity index is 0.00000144. The molecule has 8 heteroatoms. The molecule has 2 N–H and O–H groups in total. The molecule has 0 saturated carbocycles. The summed E-state index contributed by atoms with van der Waals surface area (Å²) >= 11 is 0. The molecule has 3 rings (SSSR count). The third-order valence-electron chi connectivity index (χ3n) is 4.68. The number of aromatic nitrogens is 3. The molecule has 0 radical (unpaired) electrons. The van der Waals surface area contributed by atoms with Crippen LogP contribution in [0.1, 0.15) is 35.8 Å². The van der Waals surface area contributed by atoms with Crippen molar-refractivity contribution in [2.45, 2.75) is 32.7 Å². The maximum atomic E-state index is 12.7. The summed E-state index contributed by atoms with van der Waals surface area (Å²) in [4.78, 5) is 19.0. The summed E-state index contributed by atoms with van der Waals surface area (Å²) < 4.78 is 1.74. The number of aryl methyl sites for hydroxylation is 2. The van der Waals surface area contributed by atoms with Gasteiger partial charge in [-0.15, -0.1) is 24.8 Å². The minimum Gasteiger partial charge on any atom is -0.339 e. The first kappa shape index (κ1) is 20.7. The summed E-state index contributed by atoms with van der Waals surface area (Å²) in [5.41, 5.74) is 8.31. The largest absolute Gasteiger partial charge is 0.339 e. The van der Waals surface area contributed by atoms with Crippen LogP contribution in [-0.4, -0.2) is 44.7 Å². The Labute approximate surface area is 154 Å². The fourth-order valence-electron chi connectivity index (χ4n) is 3.24. The minimum atomic E-state index is 0. The van der Waals surface area contributed by atoms with Gasteiger partial charge in [-0.3, -0.25) is 9.48 Å². The molecule has 1 aliphatic rings. The van der Waals surface area contributed by atoms with Crippen molar-refractivity contribution < 1.29 is 4.79 Å². The quantitative estimate of drug-likeness (QED) is 0.875. The highest BCUT2D eigenvalue weighted by Gasteiger charge is 2.26. The van der Waals surface area contributed by atoms with E-state index >= 15 is 0 Å². The molecular formula is C16H25Cl2N5O. The average Bonchev–Trinajstić information content (AvgIpc) is 2.81. The maximum absolute atomic E-state index is 12.7. The summed E-state index contributed by atoms with van der Waals surface area (Å²) in [5.74, 6) is 0.575. The van der Waals surface area contributed by atoms with Gasteiger partial charge in [-0.2, -0.15) is 5.10 Å². The van der Waals surface area contributed by atoms with E-state index in [1.807, 2.05) is 31.9 Å². The molecule has 2 aromatic rings. The summed E-state index contributed by atoms with van der Waals surface area (Å²) in [5, 5.41) is 5.29. The van der Waals surface area contributed by atoms with Gasteiger partial charge in [0.15, 0.2) is 5.65 Å². The number of carbonyl (C=O) groups is 1. The van der Waals surface area contributed by atoms with E-state index in [4.69, 9.17) is 5.73 Å². The van der Waals surface area contributed by atoms with E-state index in [9.17, 15) is 4.79 Å². The molecule has 0 aromatic carbocycles. The van der Waals surface area contributed by atoms with Crippen molar-refractivity contribution in [3.8, 4) is 0 Å². The molecule has 0 aliphatic carbocycles. The second-order valence-corrected chi connectivity index (χ2v) is 6.29. The molecular weight excluding hydrogens is 349 g/mol. The van der Waals surface area contributed by atoms with Crippen LogP contribution in [0, 0.1) is 12.8 Å². The summed E-state index contributed by atoms with van der Waals surface area (Å²) in [7, 11) is 1.86. The first-order valence-corrected chi connectivity index (χ1v) is 7.81. The molecule has 1 saturated heterocycles. The van der Waals surface area contributed by atoms with Crippen molar-refractivity contribution in [1.82, 2.24) is 19.7 Å². The average molecular weight is 374 g/mol. The van der Waals surface area contributed by atoms with E-state index in [0.29, 0.717) is 11.5 Å². The third-order valence-corrected chi connectivity index (χ3v) is 4.68. The van der Waals surface area contributed by atoms with Crippen molar-refractivity contribution in [3.63, 3.8) is 0 Å². The molecule has 1 fully saturated rings. The van der Waals surface area contributed by atoms with Crippen LogP contribution in [0.2, 0.25) is 0 Å². The molecule has 134 valence electrons. The Morgan fingerprint density at radius 1 is 1.33 bits per heavy atom. The monoisotopic (exact) mass is 373 g/mol. The fourth-order valence-corrected chi connectivity index (χ4v) is 3.24. The van der Waals surface area contributed by atoms with Crippen LogP contribution >= 0.6 is 24.8 Å². The van der Waals surface area contributed by atoms with Crippen molar-refractivity contribution in [3.05, 3.63) is 23.5 Å². The van der Waals surface area contributed by atoms with Crippen molar-refractivity contribution in [1.29, 1.82) is 0 Å². The van der Waals surface area contributed by atoms with E-state index in [-0.39, 0.29) is 36.8 Å². The van der Waals surface area contributed by atoms with Gasteiger partial charge in [-0.05, 0) is 38.7 Å². The van der Waals surface area contributed by atoms with Gasteiger partial charge in [0.25, 0.3) is 5.91 Å². The second-order valence-electron chi connectivity index (χ2n) is 6.29.